The number of nitrogens with two attached hydrogens (primary N) is 1. The van der Waals surface area contributed by atoms with Crippen LogP contribution in [0.5, 0.6) is 0 Å². The summed E-state index contributed by atoms with van der Waals surface area (Å²) in [5, 5.41) is 8.52. The number of carboxylic acid groups (broad SMARTS) is 1. The maximum Gasteiger partial charge on any atom is 0.305 e. The van der Waals surface area contributed by atoms with Gasteiger partial charge in [-0.05, 0) is 12.3 Å². The molecular weight excluding hydrogens is 196 g/mol. The Morgan fingerprint density at radius 3 is 2.73 bits per heavy atom. The Morgan fingerprint density at radius 2 is 2.27 bits per heavy atom. The van der Waals surface area contributed by atoms with E-state index in [1.807, 2.05) is 0 Å². The fourth-order valence-electron chi connectivity index (χ4n) is 1.88. The molecule has 0 aromatic heterocycles. The van der Waals surface area contributed by atoms with Crippen LogP contribution in [0.4, 0.5) is 0 Å². The zero-order chi connectivity index (χ0) is 11.4. The van der Waals surface area contributed by atoms with Crippen LogP contribution < -0.4 is 5.73 Å². The van der Waals surface area contributed by atoms with Gasteiger partial charge in [-0.15, -0.1) is 0 Å². The average molecular weight is 214 g/mol. The Bertz CT molecular complexity index is 255. The summed E-state index contributed by atoms with van der Waals surface area (Å²) in [6.07, 6.45) is 1.77. The molecule has 0 spiro atoms. The molecule has 1 aliphatic rings. The number of hydrogen-bond acceptors (Lipinski definition) is 3. The summed E-state index contributed by atoms with van der Waals surface area (Å²) in [6, 6.07) is -0.891. The molecule has 0 aliphatic carbocycles. The van der Waals surface area contributed by atoms with Gasteiger partial charge in [0.25, 0.3) is 0 Å². The van der Waals surface area contributed by atoms with Gasteiger partial charge in [0.1, 0.15) is 0 Å². The average Bonchev–Trinajstić information content (AvgIpc) is 2.63. The van der Waals surface area contributed by atoms with Gasteiger partial charge in [-0.3, -0.25) is 9.59 Å². The molecule has 1 heterocycles. The normalized spacial score (nSPS) is 22.8. The van der Waals surface area contributed by atoms with Gasteiger partial charge in [0.2, 0.25) is 5.91 Å². The van der Waals surface area contributed by atoms with Gasteiger partial charge >= 0.3 is 5.97 Å². The Morgan fingerprint density at radius 1 is 1.60 bits per heavy atom. The van der Waals surface area contributed by atoms with Crippen LogP contribution in [0.15, 0.2) is 0 Å². The standard InChI is InChI=1S/C10H18N2O3/c1-2-7-3-4-12(6-7)10(15)8(11)5-9(13)14/h7-8H,2-6,11H2,1H3,(H,13,14). The lowest BCUT2D eigenvalue weighted by Crippen LogP contribution is -2.43. The van der Waals surface area contributed by atoms with E-state index in [1.54, 1.807) is 4.90 Å². The quantitative estimate of drug-likeness (QED) is 0.692. The number of nitrogens with zero attached hydrogens (tertiary/aromatic N) is 1. The third-order valence-electron chi connectivity index (χ3n) is 2.89. The summed E-state index contributed by atoms with van der Waals surface area (Å²) >= 11 is 0. The number of aliphatic carboxylic acids is 1. The third-order valence-corrected chi connectivity index (χ3v) is 2.89. The van der Waals surface area contributed by atoms with E-state index in [9.17, 15) is 9.59 Å². The topological polar surface area (TPSA) is 83.6 Å². The Kier molecular flexibility index (Phi) is 4.08. The van der Waals surface area contributed by atoms with E-state index in [4.69, 9.17) is 10.8 Å². The molecule has 2 atom stereocenters. The predicted octanol–water partition coefficient (Wildman–Crippen LogP) is 0.0469. The van der Waals surface area contributed by atoms with Crippen LogP contribution in [0.1, 0.15) is 26.2 Å². The number of likely N-dealkylation sites (tertiary alicyclic amines) is 1. The molecule has 0 aromatic rings. The van der Waals surface area contributed by atoms with Gasteiger partial charge in [-0.25, -0.2) is 0 Å². The summed E-state index contributed by atoms with van der Waals surface area (Å²) in [5.74, 6) is -0.707. The monoisotopic (exact) mass is 214 g/mol. The lowest BCUT2D eigenvalue weighted by Gasteiger charge is -2.19. The molecule has 1 aliphatic heterocycles. The molecule has 1 saturated heterocycles. The molecule has 2 unspecified atom stereocenters. The van der Waals surface area contributed by atoms with Crippen molar-refractivity contribution in [3.8, 4) is 0 Å². The minimum absolute atomic E-state index is 0.228. The van der Waals surface area contributed by atoms with Crippen molar-refractivity contribution in [1.82, 2.24) is 4.90 Å². The van der Waals surface area contributed by atoms with Gasteiger partial charge in [-0.2, -0.15) is 0 Å². The van der Waals surface area contributed by atoms with Crippen LogP contribution in [0, 0.1) is 5.92 Å². The van der Waals surface area contributed by atoms with E-state index in [0.29, 0.717) is 12.5 Å². The van der Waals surface area contributed by atoms with E-state index in [1.165, 1.54) is 0 Å². The highest BCUT2D eigenvalue weighted by atomic mass is 16.4. The van der Waals surface area contributed by atoms with Gasteiger partial charge in [-0.1, -0.05) is 13.3 Å². The largest absolute Gasteiger partial charge is 0.481 e. The van der Waals surface area contributed by atoms with Crippen molar-refractivity contribution in [3.05, 3.63) is 0 Å². The van der Waals surface area contributed by atoms with E-state index >= 15 is 0 Å². The first-order valence-electron chi connectivity index (χ1n) is 5.30. The summed E-state index contributed by atoms with van der Waals surface area (Å²) < 4.78 is 0. The van der Waals surface area contributed by atoms with Gasteiger partial charge in [0.15, 0.2) is 0 Å². The maximum absolute atomic E-state index is 11.7. The summed E-state index contributed by atoms with van der Waals surface area (Å²) in [7, 11) is 0. The first-order chi connectivity index (χ1) is 7.04. The fraction of sp³-hybridized carbons (Fsp3) is 0.800. The molecule has 0 saturated carbocycles. The zero-order valence-corrected chi connectivity index (χ0v) is 8.98. The molecule has 0 radical (unpaired) electrons. The highest BCUT2D eigenvalue weighted by Gasteiger charge is 2.29. The molecule has 5 heteroatoms. The third kappa shape index (κ3) is 3.20. The molecule has 1 fully saturated rings. The van der Waals surface area contributed by atoms with Crippen molar-refractivity contribution in [2.75, 3.05) is 13.1 Å². The smallest absolute Gasteiger partial charge is 0.305 e. The Balaban J connectivity index is 2.44. The maximum atomic E-state index is 11.7. The molecule has 1 amide bonds. The van der Waals surface area contributed by atoms with Crippen LogP contribution in [0.3, 0.4) is 0 Å². The van der Waals surface area contributed by atoms with Crippen LogP contribution in [-0.2, 0) is 9.59 Å². The number of carboxylic acids is 1. The Hall–Kier alpha value is -1.10. The van der Waals surface area contributed by atoms with E-state index in [2.05, 4.69) is 6.92 Å². The molecular formula is C10H18N2O3. The van der Waals surface area contributed by atoms with Crippen molar-refractivity contribution in [2.45, 2.75) is 32.2 Å². The predicted molar refractivity (Wildman–Crippen MR) is 55.2 cm³/mol. The minimum atomic E-state index is -1.03. The van der Waals surface area contributed by atoms with Crippen LogP contribution in [0.25, 0.3) is 0 Å². The fourth-order valence-corrected chi connectivity index (χ4v) is 1.88. The van der Waals surface area contributed by atoms with Crippen molar-refractivity contribution in [1.29, 1.82) is 0 Å². The van der Waals surface area contributed by atoms with Crippen LogP contribution in [0.2, 0.25) is 0 Å². The second-order valence-electron chi connectivity index (χ2n) is 4.05. The van der Waals surface area contributed by atoms with E-state index in [0.717, 1.165) is 19.4 Å². The highest BCUT2D eigenvalue weighted by Crippen LogP contribution is 2.19. The number of amides is 1. The molecule has 86 valence electrons. The Labute approximate surface area is 89.2 Å². The zero-order valence-electron chi connectivity index (χ0n) is 8.98. The van der Waals surface area contributed by atoms with Crippen LogP contribution >= 0.6 is 0 Å². The number of hydrogen-bond donors (Lipinski definition) is 2. The second kappa shape index (κ2) is 5.11. The molecule has 5 nitrogen and oxygen atoms in total. The van der Waals surface area contributed by atoms with Crippen molar-refractivity contribution >= 4 is 11.9 Å². The summed E-state index contributed by atoms with van der Waals surface area (Å²) in [5.41, 5.74) is 5.51. The molecule has 3 N–H and O–H groups in total. The van der Waals surface area contributed by atoms with Crippen molar-refractivity contribution in [3.63, 3.8) is 0 Å². The van der Waals surface area contributed by atoms with Gasteiger partial charge in [0.05, 0.1) is 12.5 Å². The minimum Gasteiger partial charge on any atom is -0.481 e. The molecule has 15 heavy (non-hydrogen) atoms. The first kappa shape index (κ1) is 12.0. The number of carbonyl (C=O) groups excluding carboxylic acids is 1. The summed E-state index contributed by atoms with van der Waals surface area (Å²) in [4.78, 5) is 23.8. The van der Waals surface area contributed by atoms with Crippen molar-refractivity contribution < 1.29 is 14.7 Å². The van der Waals surface area contributed by atoms with Gasteiger partial charge in [0, 0.05) is 13.1 Å². The number of carbonyl (C=O) groups is 2. The van der Waals surface area contributed by atoms with Crippen LogP contribution in [-0.4, -0.2) is 41.0 Å². The SMILES string of the molecule is CCC1CCN(C(=O)C(N)CC(=O)O)C1. The molecule has 0 bridgehead atoms. The molecule has 0 aromatic carbocycles. The lowest BCUT2D eigenvalue weighted by molar-refractivity contribution is -0.141. The van der Waals surface area contributed by atoms with Crippen molar-refractivity contribution in [2.24, 2.45) is 11.7 Å². The summed E-state index contributed by atoms with van der Waals surface area (Å²) in [6.45, 7) is 3.53. The van der Waals surface area contributed by atoms with E-state index < -0.39 is 12.0 Å². The molecule has 1 rings (SSSR count). The first-order valence-corrected chi connectivity index (χ1v) is 5.30. The second-order valence-corrected chi connectivity index (χ2v) is 4.05. The number of rotatable bonds is 4. The lowest BCUT2D eigenvalue weighted by atomic mass is 10.1. The highest BCUT2D eigenvalue weighted by molar-refractivity contribution is 5.86. The van der Waals surface area contributed by atoms with Gasteiger partial charge < -0.3 is 15.7 Å². The van der Waals surface area contributed by atoms with E-state index in [-0.39, 0.29) is 12.3 Å².